The Kier molecular flexibility index (Phi) is 5.69. The van der Waals surface area contributed by atoms with Gasteiger partial charge >= 0.3 is 0 Å². The van der Waals surface area contributed by atoms with Crippen molar-refractivity contribution in [2.24, 2.45) is 11.8 Å². The molecule has 1 heteroatoms. The number of carbonyl (C=O) groups is 1. The van der Waals surface area contributed by atoms with Crippen molar-refractivity contribution in [1.82, 2.24) is 0 Å². The molecule has 0 aliphatic heterocycles. The lowest BCUT2D eigenvalue weighted by atomic mass is 9.86. The fourth-order valence-corrected chi connectivity index (χ4v) is 1.34. The van der Waals surface area contributed by atoms with Crippen LogP contribution < -0.4 is 0 Å². The van der Waals surface area contributed by atoms with E-state index in [1.165, 1.54) is 0 Å². The lowest BCUT2D eigenvalue weighted by molar-refractivity contribution is -0.122. The number of rotatable bonds is 1. The van der Waals surface area contributed by atoms with Crippen LogP contribution in [0.25, 0.3) is 0 Å². The van der Waals surface area contributed by atoms with E-state index in [0.717, 1.165) is 12.8 Å². The second-order valence-corrected chi connectivity index (χ2v) is 3.20. The largest absolute Gasteiger partial charge is 0.299 e. The van der Waals surface area contributed by atoms with Gasteiger partial charge in [0.2, 0.25) is 0 Å². The van der Waals surface area contributed by atoms with E-state index >= 15 is 0 Å². The molecule has 0 saturated heterocycles. The fraction of sp³-hybridized carbons (Fsp3) is 0.727. The first-order valence-electron chi connectivity index (χ1n) is 4.91. The van der Waals surface area contributed by atoms with Crippen LogP contribution in [-0.2, 0) is 4.79 Å². The molecule has 0 radical (unpaired) electrons. The number of carbonyl (C=O) groups excluding carboxylic acids is 1. The highest BCUT2D eigenvalue weighted by Crippen LogP contribution is 2.20. The van der Waals surface area contributed by atoms with E-state index in [1.807, 2.05) is 13.8 Å². The minimum atomic E-state index is 0.203. The summed E-state index contributed by atoms with van der Waals surface area (Å²) in [6.07, 6.45) is 5.87. The normalized spacial score (nSPS) is 22.1. The number of ketones is 1. The first kappa shape index (κ1) is 11.4. The molecular weight excluding hydrogens is 148 g/mol. The van der Waals surface area contributed by atoms with Crippen LogP contribution in [0.3, 0.4) is 0 Å². The Balaban J connectivity index is 0.000000561. The van der Waals surface area contributed by atoms with E-state index < -0.39 is 0 Å². The molecule has 1 atom stereocenters. The summed E-state index contributed by atoms with van der Waals surface area (Å²) in [7, 11) is 0. The Bertz CT molecular complexity index is 156. The van der Waals surface area contributed by atoms with E-state index in [-0.39, 0.29) is 5.92 Å². The molecule has 1 nitrogen and oxygen atoms in total. The van der Waals surface area contributed by atoms with Crippen LogP contribution in [0.2, 0.25) is 0 Å². The standard InChI is InChI=1S/C9H14O.C2H6/c1-7(2)8-5-3-4-6-9(8)10;1-2/h3,5,7-8H,4,6H2,1-2H3;1-2H3. The zero-order valence-electron chi connectivity index (χ0n) is 8.63. The third-order valence-corrected chi connectivity index (χ3v) is 1.99. The van der Waals surface area contributed by atoms with Gasteiger partial charge < -0.3 is 0 Å². The molecule has 1 rings (SSSR count). The SMILES string of the molecule is CC.CC(C)C1C=CCCC1=O. The van der Waals surface area contributed by atoms with Crippen LogP contribution in [0.4, 0.5) is 0 Å². The molecule has 0 saturated carbocycles. The van der Waals surface area contributed by atoms with Gasteiger partial charge in [-0.1, -0.05) is 39.8 Å². The molecule has 0 heterocycles. The molecule has 70 valence electrons. The summed E-state index contributed by atoms with van der Waals surface area (Å²) in [6.45, 7) is 8.19. The van der Waals surface area contributed by atoms with Gasteiger partial charge in [0.15, 0.2) is 0 Å². The Hall–Kier alpha value is -0.590. The number of allylic oxidation sites excluding steroid dienone is 2. The van der Waals surface area contributed by atoms with Gasteiger partial charge in [-0.25, -0.2) is 0 Å². The summed E-state index contributed by atoms with van der Waals surface area (Å²) in [6, 6.07) is 0. The highest BCUT2D eigenvalue weighted by atomic mass is 16.1. The van der Waals surface area contributed by atoms with E-state index in [9.17, 15) is 4.79 Å². The van der Waals surface area contributed by atoms with Crippen molar-refractivity contribution in [2.45, 2.75) is 40.5 Å². The highest BCUT2D eigenvalue weighted by molar-refractivity contribution is 5.83. The number of hydrogen-bond donors (Lipinski definition) is 0. The van der Waals surface area contributed by atoms with E-state index in [2.05, 4.69) is 26.0 Å². The summed E-state index contributed by atoms with van der Waals surface area (Å²) in [5, 5.41) is 0. The van der Waals surface area contributed by atoms with Gasteiger partial charge in [-0.05, 0) is 12.3 Å². The molecule has 0 fully saturated rings. The van der Waals surface area contributed by atoms with Crippen molar-refractivity contribution in [3.63, 3.8) is 0 Å². The summed E-state index contributed by atoms with van der Waals surface area (Å²) in [5.74, 6) is 1.09. The highest BCUT2D eigenvalue weighted by Gasteiger charge is 2.20. The number of Topliss-reactive ketones (excluding diaryl/α,β-unsaturated/α-hetero) is 1. The third kappa shape index (κ3) is 3.21. The van der Waals surface area contributed by atoms with Gasteiger partial charge in [-0.15, -0.1) is 0 Å². The molecule has 1 aliphatic rings. The Morgan fingerprint density at radius 3 is 2.33 bits per heavy atom. The minimum absolute atomic E-state index is 0.203. The van der Waals surface area contributed by atoms with Crippen molar-refractivity contribution in [1.29, 1.82) is 0 Å². The molecule has 0 bridgehead atoms. The molecule has 1 unspecified atom stereocenters. The Morgan fingerprint density at radius 1 is 1.42 bits per heavy atom. The smallest absolute Gasteiger partial charge is 0.140 e. The van der Waals surface area contributed by atoms with Gasteiger partial charge in [0.25, 0.3) is 0 Å². The van der Waals surface area contributed by atoms with Crippen LogP contribution >= 0.6 is 0 Å². The molecule has 1 aliphatic carbocycles. The molecule has 12 heavy (non-hydrogen) atoms. The quantitative estimate of drug-likeness (QED) is 0.549. The summed E-state index contributed by atoms with van der Waals surface area (Å²) in [5.41, 5.74) is 0. The third-order valence-electron chi connectivity index (χ3n) is 1.99. The molecule has 0 aromatic rings. The maximum Gasteiger partial charge on any atom is 0.140 e. The summed E-state index contributed by atoms with van der Waals surface area (Å²) < 4.78 is 0. The van der Waals surface area contributed by atoms with Crippen LogP contribution in [0, 0.1) is 11.8 Å². The van der Waals surface area contributed by atoms with Crippen molar-refractivity contribution in [3.8, 4) is 0 Å². The predicted molar refractivity (Wildman–Crippen MR) is 53.1 cm³/mol. The second-order valence-electron chi connectivity index (χ2n) is 3.20. The van der Waals surface area contributed by atoms with E-state index in [4.69, 9.17) is 0 Å². The fourth-order valence-electron chi connectivity index (χ4n) is 1.34. The average Bonchev–Trinajstić information content (AvgIpc) is 2.08. The molecule has 0 aromatic carbocycles. The molecule has 0 amide bonds. The number of hydrogen-bond acceptors (Lipinski definition) is 1. The van der Waals surface area contributed by atoms with Gasteiger partial charge in [-0.3, -0.25) is 4.79 Å². The lowest BCUT2D eigenvalue weighted by Gasteiger charge is -2.18. The van der Waals surface area contributed by atoms with Gasteiger partial charge in [-0.2, -0.15) is 0 Å². The maximum atomic E-state index is 11.2. The van der Waals surface area contributed by atoms with Crippen LogP contribution in [0.1, 0.15) is 40.5 Å². The van der Waals surface area contributed by atoms with Crippen LogP contribution in [0.15, 0.2) is 12.2 Å². The van der Waals surface area contributed by atoms with Crippen molar-refractivity contribution in [3.05, 3.63) is 12.2 Å². The minimum Gasteiger partial charge on any atom is -0.299 e. The van der Waals surface area contributed by atoms with Crippen LogP contribution in [-0.4, -0.2) is 5.78 Å². The zero-order chi connectivity index (χ0) is 9.56. The van der Waals surface area contributed by atoms with Crippen LogP contribution in [0.5, 0.6) is 0 Å². The second kappa shape index (κ2) is 5.99. The van der Waals surface area contributed by atoms with Gasteiger partial charge in [0.1, 0.15) is 5.78 Å². The van der Waals surface area contributed by atoms with Crippen molar-refractivity contribution < 1.29 is 4.79 Å². The topological polar surface area (TPSA) is 17.1 Å². The first-order valence-corrected chi connectivity index (χ1v) is 4.91. The lowest BCUT2D eigenvalue weighted by Crippen LogP contribution is -2.19. The maximum absolute atomic E-state index is 11.2. The van der Waals surface area contributed by atoms with Gasteiger partial charge in [0, 0.05) is 12.3 Å². The summed E-state index contributed by atoms with van der Waals surface area (Å²) in [4.78, 5) is 11.2. The molecule has 0 aromatic heterocycles. The Labute approximate surface area is 75.9 Å². The van der Waals surface area contributed by atoms with Crippen molar-refractivity contribution in [2.75, 3.05) is 0 Å². The molecule has 0 N–H and O–H groups in total. The summed E-state index contributed by atoms with van der Waals surface area (Å²) >= 11 is 0. The zero-order valence-corrected chi connectivity index (χ0v) is 8.63. The molecule has 0 spiro atoms. The van der Waals surface area contributed by atoms with E-state index in [0.29, 0.717) is 11.7 Å². The van der Waals surface area contributed by atoms with Crippen molar-refractivity contribution >= 4 is 5.78 Å². The van der Waals surface area contributed by atoms with Gasteiger partial charge in [0.05, 0.1) is 0 Å². The predicted octanol–water partition coefficient (Wildman–Crippen LogP) is 3.20. The van der Waals surface area contributed by atoms with E-state index in [1.54, 1.807) is 0 Å². The monoisotopic (exact) mass is 168 g/mol. The first-order chi connectivity index (χ1) is 5.72. The Morgan fingerprint density at radius 2 is 2.00 bits per heavy atom. The average molecular weight is 168 g/mol. The molecular formula is C11H20O.